The second-order valence-corrected chi connectivity index (χ2v) is 6.92. The predicted octanol–water partition coefficient (Wildman–Crippen LogP) is 2.81. The van der Waals surface area contributed by atoms with Crippen LogP contribution in [-0.4, -0.2) is 53.6 Å². The van der Waals surface area contributed by atoms with Gasteiger partial charge in [-0.15, -0.1) is 0 Å². The highest BCUT2D eigenvalue weighted by Crippen LogP contribution is 2.34. The Morgan fingerprint density at radius 1 is 1.23 bits per heavy atom. The van der Waals surface area contributed by atoms with Gasteiger partial charge < -0.3 is 19.3 Å². The number of hydrogen-bond acceptors (Lipinski definition) is 4. The summed E-state index contributed by atoms with van der Waals surface area (Å²) >= 11 is 0. The van der Waals surface area contributed by atoms with E-state index >= 15 is 0 Å². The molecule has 2 saturated heterocycles. The maximum atomic E-state index is 12.9. The van der Waals surface area contributed by atoms with Crippen molar-refractivity contribution in [2.75, 3.05) is 26.2 Å². The monoisotopic (exact) mass is 354 g/mol. The van der Waals surface area contributed by atoms with Crippen molar-refractivity contribution in [1.82, 2.24) is 9.80 Å². The smallest absolute Gasteiger partial charge is 0.410 e. The molecule has 1 spiro atoms. The van der Waals surface area contributed by atoms with Gasteiger partial charge in [-0.25, -0.2) is 4.79 Å². The molecular formula is C20H22N2O4. The molecule has 6 nitrogen and oxygen atoms in total. The van der Waals surface area contributed by atoms with Crippen LogP contribution < -0.4 is 4.74 Å². The fourth-order valence-corrected chi connectivity index (χ4v) is 3.73. The molecule has 0 saturated carbocycles. The Morgan fingerprint density at radius 3 is 2.73 bits per heavy atom. The molecule has 4 rings (SSSR count). The van der Waals surface area contributed by atoms with Crippen molar-refractivity contribution in [3.63, 3.8) is 0 Å². The molecule has 136 valence electrons. The highest BCUT2D eigenvalue weighted by atomic mass is 16.6. The van der Waals surface area contributed by atoms with Gasteiger partial charge in [0.15, 0.2) is 0 Å². The molecule has 0 aliphatic carbocycles. The van der Waals surface area contributed by atoms with Crippen molar-refractivity contribution >= 4 is 18.1 Å². The first kappa shape index (κ1) is 16.7. The lowest BCUT2D eigenvalue weighted by atomic mass is 9.91. The number of benzene rings is 1. The predicted molar refractivity (Wildman–Crippen MR) is 96.5 cm³/mol. The summed E-state index contributed by atoms with van der Waals surface area (Å²) < 4.78 is 11.2. The Morgan fingerprint density at radius 2 is 2.00 bits per heavy atom. The topological polar surface area (TPSA) is 59.1 Å². The molecule has 1 aromatic carbocycles. The molecule has 6 heteroatoms. The number of likely N-dealkylation sites (tertiary alicyclic amines) is 1. The molecule has 3 aliphatic heterocycles. The van der Waals surface area contributed by atoms with Gasteiger partial charge in [-0.05, 0) is 25.1 Å². The highest BCUT2D eigenvalue weighted by molar-refractivity contribution is 6.01. The first-order chi connectivity index (χ1) is 12.6. The van der Waals surface area contributed by atoms with Crippen LogP contribution in [0.15, 0.2) is 42.2 Å². The summed E-state index contributed by atoms with van der Waals surface area (Å²) in [6.07, 6.45) is 6.23. The Hall–Kier alpha value is -2.76. The second-order valence-electron chi connectivity index (χ2n) is 6.92. The van der Waals surface area contributed by atoms with E-state index < -0.39 is 5.60 Å². The molecular weight excluding hydrogens is 332 g/mol. The number of para-hydroxylation sites is 1. The van der Waals surface area contributed by atoms with Gasteiger partial charge in [0, 0.05) is 43.6 Å². The van der Waals surface area contributed by atoms with Crippen molar-refractivity contribution in [2.45, 2.75) is 25.4 Å². The molecule has 0 atom stereocenters. The molecule has 0 aromatic heterocycles. The number of hydrogen-bond donors (Lipinski definition) is 0. The Bertz CT molecular complexity index is 791. The fourth-order valence-electron chi connectivity index (χ4n) is 3.73. The molecule has 2 fully saturated rings. The Kier molecular flexibility index (Phi) is 4.18. The van der Waals surface area contributed by atoms with Gasteiger partial charge >= 0.3 is 6.09 Å². The minimum Gasteiger partial charge on any atom is -0.464 e. The second kappa shape index (κ2) is 6.52. The lowest BCUT2D eigenvalue weighted by molar-refractivity contribution is -0.130. The lowest BCUT2D eigenvalue weighted by Gasteiger charge is -2.37. The van der Waals surface area contributed by atoms with Crippen LogP contribution in [0.1, 0.15) is 25.3 Å². The van der Waals surface area contributed by atoms with Crippen molar-refractivity contribution in [3.8, 4) is 5.75 Å². The number of nitrogens with zero attached hydrogens (tertiary/aromatic N) is 2. The fraction of sp³-hybridized carbons (Fsp3) is 0.400. The molecule has 0 bridgehead atoms. The zero-order valence-electron chi connectivity index (χ0n) is 14.8. The first-order valence-corrected chi connectivity index (χ1v) is 9.01. The summed E-state index contributed by atoms with van der Waals surface area (Å²) in [5.41, 5.74) is 1.05. The average Bonchev–Trinajstić information content (AvgIpc) is 2.83. The van der Waals surface area contributed by atoms with Gasteiger partial charge in [-0.3, -0.25) is 4.79 Å². The molecule has 0 radical (unpaired) electrons. The van der Waals surface area contributed by atoms with E-state index in [0.29, 0.717) is 44.6 Å². The van der Waals surface area contributed by atoms with E-state index in [1.807, 2.05) is 42.2 Å². The summed E-state index contributed by atoms with van der Waals surface area (Å²) in [5, 5.41) is 0. The van der Waals surface area contributed by atoms with Crippen molar-refractivity contribution in [2.24, 2.45) is 0 Å². The summed E-state index contributed by atoms with van der Waals surface area (Å²) in [5.74, 6) is 0.717. The molecule has 0 unspecified atom stereocenters. The first-order valence-electron chi connectivity index (χ1n) is 9.01. The highest BCUT2D eigenvalue weighted by Gasteiger charge is 2.47. The quantitative estimate of drug-likeness (QED) is 0.819. The Labute approximate surface area is 152 Å². The number of carbonyl (C=O) groups excluding carboxylic acids is 2. The SMILES string of the molecule is CCN1CC2(CCN(C(=O)C3=Cc4ccccc4OC=C3)CC2)OC1=O. The van der Waals surface area contributed by atoms with Gasteiger partial charge in [0.2, 0.25) is 0 Å². The minimum atomic E-state index is -0.437. The lowest BCUT2D eigenvalue weighted by Crippen LogP contribution is -2.49. The van der Waals surface area contributed by atoms with Crippen LogP contribution in [0, 0.1) is 0 Å². The summed E-state index contributed by atoms with van der Waals surface area (Å²) in [6, 6.07) is 7.63. The molecule has 0 N–H and O–H groups in total. The van der Waals surface area contributed by atoms with Crippen LogP contribution in [0.5, 0.6) is 5.75 Å². The van der Waals surface area contributed by atoms with Crippen LogP contribution in [0.3, 0.4) is 0 Å². The van der Waals surface area contributed by atoms with Crippen LogP contribution >= 0.6 is 0 Å². The summed E-state index contributed by atoms with van der Waals surface area (Å²) in [7, 11) is 0. The van der Waals surface area contributed by atoms with Gasteiger partial charge in [0.25, 0.3) is 5.91 Å². The zero-order valence-corrected chi connectivity index (χ0v) is 14.8. The number of carbonyl (C=O) groups is 2. The Balaban J connectivity index is 1.46. The van der Waals surface area contributed by atoms with Crippen LogP contribution in [-0.2, 0) is 9.53 Å². The van der Waals surface area contributed by atoms with Crippen LogP contribution in [0.2, 0.25) is 0 Å². The van der Waals surface area contributed by atoms with Gasteiger partial charge in [0.1, 0.15) is 11.4 Å². The third-order valence-electron chi connectivity index (χ3n) is 5.30. The summed E-state index contributed by atoms with van der Waals surface area (Å²) in [4.78, 5) is 28.4. The molecule has 3 aliphatic rings. The van der Waals surface area contributed by atoms with Crippen molar-refractivity contribution in [1.29, 1.82) is 0 Å². The van der Waals surface area contributed by atoms with Gasteiger partial charge in [-0.2, -0.15) is 0 Å². The van der Waals surface area contributed by atoms with E-state index in [2.05, 4.69) is 0 Å². The van der Waals surface area contributed by atoms with E-state index in [1.54, 1.807) is 17.2 Å². The maximum Gasteiger partial charge on any atom is 0.410 e. The van der Waals surface area contributed by atoms with Crippen molar-refractivity contribution in [3.05, 3.63) is 47.7 Å². The van der Waals surface area contributed by atoms with E-state index in [4.69, 9.17) is 9.47 Å². The van der Waals surface area contributed by atoms with E-state index in [9.17, 15) is 9.59 Å². The third kappa shape index (κ3) is 2.96. The number of piperidine rings is 1. The third-order valence-corrected chi connectivity index (χ3v) is 5.30. The molecule has 26 heavy (non-hydrogen) atoms. The normalized spacial score (nSPS) is 21.0. The maximum absolute atomic E-state index is 12.9. The van der Waals surface area contributed by atoms with Gasteiger partial charge in [-0.1, -0.05) is 18.2 Å². The van der Waals surface area contributed by atoms with E-state index in [1.165, 1.54) is 0 Å². The molecule has 2 amide bonds. The minimum absolute atomic E-state index is 0.0203. The number of amides is 2. The standard InChI is InChI=1S/C20H22N2O4/c1-2-21-14-20(26-19(21)24)8-10-22(11-9-20)18(23)16-7-12-25-17-6-4-3-5-15(17)13-16/h3-7,12-13H,2,8-11,14H2,1H3. The summed E-state index contributed by atoms with van der Waals surface area (Å²) in [6.45, 7) is 4.38. The number of ether oxygens (including phenoxy) is 2. The number of likely N-dealkylation sites (N-methyl/N-ethyl adjacent to an activating group) is 1. The van der Waals surface area contributed by atoms with Crippen LogP contribution in [0.25, 0.3) is 6.08 Å². The van der Waals surface area contributed by atoms with E-state index in [0.717, 1.165) is 11.3 Å². The van der Waals surface area contributed by atoms with Gasteiger partial charge in [0.05, 0.1) is 12.8 Å². The number of rotatable bonds is 2. The number of fused-ring (bicyclic) bond motifs is 1. The van der Waals surface area contributed by atoms with Crippen molar-refractivity contribution < 1.29 is 19.1 Å². The molecule has 1 aromatic rings. The van der Waals surface area contributed by atoms with Crippen LogP contribution in [0.4, 0.5) is 4.79 Å². The zero-order chi connectivity index (χ0) is 18.1. The largest absolute Gasteiger partial charge is 0.464 e. The van der Waals surface area contributed by atoms with E-state index in [-0.39, 0.29) is 12.0 Å². The average molecular weight is 354 g/mol. The molecule has 3 heterocycles.